The molecule has 2 aliphatic rings. The molecular formula is C17H25N3O2S2. The van der Waals surface area contributed by atoms with Gasteiger partial charge in [-0.3, -0.25) is 0 Å². The maximum Gasteiger partial charge on any atom is 0.243 e. The van der Waals surface area contributed by atoms with Crippen molar-refractivity contribution in [1.82, 2.24) is 14.5 Å². The van der Waals surface area contributed by atoms with Crippen LogP contribution >= 0.6 is 12.2 Å². The molecule has 7 heteroatoms. The Morgan fingerprint density at radius 1 is 1.12 bits per heavy atom. The number of benzene rings is 1. The highest BCUT2D eigenvalue weighted by Crippen LogP contribution is 2.22. The van der Waals surface area contributed by atoms with Gasteiger partial charge in [0.25, 0.3) is 0 Å². The first-order chi connectivity index (χ1) is 11.4. The normalized spacial score (nSPS) is 19.5. The molecule has 1 saturated carbocycles. The standard InChI is InChI=1S/C17H25N3O2S2/c1-13(2)14-3-7-16(8-4-14)24(21,22)20-11-9-19(10-12-20)17(23)18-15-5-6-15/h3-4,7-8,13,15H,5-6,9-12H2,1-2H3,(H,18,23). The second kappa shape index (κ2) is 6.98. The number of hydrogen-bond acceptors (Lipinski definition) is 3. The monoisotopic (exact) mass is 367 g/mol. The summed E-state index contributed by atoms with van der Waals surface area (Å²) in [4.78, 5) is 2.45. The van der Waals surface area contributed by atoms with E-state index in [1.54, 1.807) is 16.4 Å². The first kappa shape index (κ1) is 17.6. The van der Waals surface area contributed by atoms with Crippen LogP contribution < -0.4 is 5.32 Å². The van der Waals surface area contributed by atoms with Crippen LogP contribution in [0.5, 0.6) is 0 Å². The topological polar surface area (TPSA) is 52.7 Å². The van der Waals surface area contributed by atoms with Crippen LogP contribution in [0, 0.1) is 0 Å². The van der Waals surface area contributed by atoms with E-state index in [9.17, 15) is 8.42 Å². The number of hydrogen-bond donors (Lipinski definition) is 1. The minimum Gasteiger partial charge on any atom is -0.360 e. The highest BCUT2D eigenvalue weighted by Gasteiger charge is 2.30. The summed E-state index contributed by atoms with van der Waals surface area (Å²) in [7, 11) is -3.42. The molecule has 0 atom stereocenters. The largest absolute Gasteiger partial charge is 0.360 e. The van der Waals surface area contributed by atoms with E-state index in [2.05, 4.69) is 24.1 Å². The Labute approximate surface area is 150 Å². The zero-order chi connectivity index (χ0) is 17.3. The Balaban J connectivity index is 1.62. The molecule has 0 aromatic heterocycles. The lowest BCUT2D eigenvalue weighted by atomic mass is 10.0. The third-order valence-corrected chi connectivity index (χ3v) is 6.90. The van der Waals surface area contributed by atoms with E-state index in [1.165, 1.54) is 12.8 Å². The van der Waals surface area contributed by atoms with Gasteiger partial charge in [-0.1, -0.05) is 26.0 Å². The number of sulfonamides is 1. The van der Waals surface area contributed by atoms with Crippen LogP contribution in [-0.4, -0.2) is 55.0 Å². The zero-order valence-corrected chi connectivity index (χ0v) is 15.9. The average molecular weight is 368 g/mol. The Morgan fingerprint density at radius 2 is 1.71 bits per heavy atom. The molecule has 1 N–H and O–H groups in total. The predicted octanol–water partition coefficient (Wildman–Crippen LogP) is 2.15. The van der Waals surface area contributed by atoms with Crippen molar-refractivity contribution in [3.63, 3.8) is 0 Å². The molecule has 2 fully saturated rings. The van der Waals surface area contributed by atoms with E-state index in [0.717, 1.165) is 10.7 Å². The number of nitrogens with one attached hydrogen (secondary N) is 1. The van der Waals surface area contributed by atoms with E-state index in [1.807, 2.05) is 12.1 Å². The fourth-order valence-corrected chi connectivity index (χ4v) is 4.57. The van der Waals surface area contributed by atoms with Crippen LogP contribution in [0.2, 0.25) is 0 Å². The molecule has 1 aliphatic heterocycles. The first-order valence-electron chi connectivity index (χ1n) is 8.53. The summed E-state index contributed by atoms with van der Waals surface area (Å²) in [6.45, 7) is 6.42. The maximum atomic E-state index is 12.8. The van der Waals surface area contributed by atoms with Gasteiger partial charge in [0.05, 0.1) is 4.90 Å². The molecule has 0 amide bonds. The zero-order valence-electron chi connectivity index (χ0n) is 14.2. The van der Waals surface area contributed by atoms with Crippen LogP contribution in [0.1, 0.15) is 38.2 Å². The van der Waals surface area contributed by atoms with E-state index >= 15 is 0 Å². The number of thiocarbonyl (C=S) groups is 1. The molecule has 1 aromatic carbocycles. The summed E-state index contributed by atoms with van der Waals surface area (Å²) in [6, 6.07) is 7.77. The Bertz CT molecular complexity index is 689. The Morgan fingerprint density at radius 3 is 2.21 bits per heavy atom. The molecule has 1 aromatic rings. The van der Waals surface area contributed by atoms with Crippen LogP contribution in [0.15, 0.2) is 29.2 Å². The van der Waals surface area contributed by atoms with Gasteiger partial charge >= 0.3 is 0 Å². The van der Waals surface area contributed by atoms with Gasteiger partial charge in [0.2, 0.25) is 10.0 Å². The molecule has 24 heavy (non-hydrogen) atoms. The molecule has 0 unspecified atom stereocenters. The van der Waals surface area contributed by atoms with Crippen molar-refractivity contribution in [2.24, 2.45) is 0 Å². The van der Waals surface area contributed by atoms with Gasteiger partial charge in [0.1, 0.15) is 0 Å². The average Bonchev–Trinajstić information content (AvgIpc) is 3.39. The maximum absolute atomic E-state index is 12.8. The quantitative estimate of drug-likeness (QED) is 0.827. The number of nitrogens with zero attached hydrogens (tertiary/aromatic N) is 2. The van der Waals surface area contributed by atoms with Crippen LogP contribution in [0.3, 0.4) is 0 Å². The van der Waals surface area contributed by atoms with Crippen LogP contribution in [0.4, 0.5) is 0 Å². The highest BCUT2D eigenvalue weighted by molar-refractivity contribution is 7.89. The van der Waals surface area contributed by atoms with Gasteiger partial charge in [-0.05, 0) is 48.7 Å². The van der Waals surface area contributed by atoms with Crippen molar-refractivity contribution in [1.29, 1.82) is 0 Å². The molecule has 132 valence electrons. The molecule has 3 rings (SSSR count). The van der Waals surface area contributed by atoms with E-state index in [0.29, 0.717) is 43.0 Å². The lowest BCUT2D eigenvalue weighted by Gasteiger charge is -2.35. The van der Waals surface area contributed by atoms with Gasteiger partial charge in [0, 0.05) is 32.2 Å². The van der Waals surface area contributed by atoms with Crippen molar-refractivity contribution in [3.8, 4) is 0 Å². The molecule has 0 spiro atoms. The molecule has 1 heterocycles. The summed E-state index contributed by atoms with van der Waals surface area (Å²) in [6.07, 6.45) is 2.36. The molecule has 5 nitrogen and oxygen atoms in total. The smallest absolute Gasteiger partial charge is 0.243 e. The number of rotatable bonds is 4. The third kappa shape index (κ3) is 3.90. The molecule has 1 aliphatic carbocycles. The lowest BCUT2D eigenvalue weighted by molar-refractivity contribution is 0.264. The first-order valence-corrected chi connectivity index (χ1v) is 10.4. The van der Waals surface area contributed by atoms with Crippen LogP contribution in [-0.2, 0) is 10.0 Å². The fourth-order valence-electron chi connectivity index (χ4n) is 2.80. The summed E-state index contributed by atoms with van der Waals surface area (Å²) in [5, 5.41) is 4.08. The second-order valence-corrected chi connectivity index (χ2v) is 9.16. The lowest BCUT2D eigenvalue weighted by Crippen LogP contribution is -2.53. The minimum absolute atomic E-state index is 0.374. The number of piperazine rings is 1. The fraction of sp³-hybridized carbons (Fsp3) is 0.588. The summed E-state index contributed by atoms with van der Waals surface area (Å²) >= 11 is 5.40. The summed E-state index contributed by atoms with van der Waals surface area (Å²) in [5.41, 5.74) is 1.15. The van der Waals surface area contributed by atoms with Gasteiger partial charge in [-0.25, -0.2) is 8.42 Å². The molecule has 1 saturated heterocycles. The van der Waals surface area contributed by atoms with Crippen molar-refractivity contribution in [3.05, 3.63) is 29.8 Å². The minimum atomic E-state index is -3.42. The van der Waals surface area contributed by atoms with Crippen molar-refractivity contribution in [2.45, 2.75) is 43.5 Å². The Kier molecular flexibility index (Phi) is 5.13. The van der Waals surface area contributed by atoms with E-state index in [4.69, 9.17) is 12.2 Å². The summed E-state index contributed by atoms with van der Waals surface area (Å²) in [5.74, 6) is 0.394. The van der Waals surface area contributed by atoms with Gasteiger partial charge < -0.3 is 10.2 Å². The van der Waals surface area contributed by atoms with E-state index in [-0.39, 0.29) is 0 Å². The molecular weight excluding hydrogens is 342 g/mol. The van der Waals surface area contributed by atoms with Crippen molar-refractivity contribution >= 4 is 27.4 Å². The van der Waals surface area contributed by atoms with Crippen molar-refractivity contribution < 1.29 is 8.42 Å². The second-order valence-electron chi connectivity index (χ2n) is 6.84. The predicted molar refractivity (Wildman–Crippen MR) is 99.6 cm³/mol. The van der Waals surface area contributed by atoms with Gasteiger partial charge in [-0.2, -0.15) is 4.31 Å². The Hall–Kier alpha value is -1.18. The third-order valence-electron chi connectivity index (χ3n) is 4.62. The summed E-state index contributed by atoms with van der Waals surface area (Å²) < 4.78 is 27.1. The van der Waals surface area contributed by atoms with Gasteiger partial charge in [0.15, 0.2) is 5.11 Å². The molecule has 0 radical (unpaired) electrons. The molecule has 0 bridgehead atoms. The van der Waals surface area contributed by atoms with Crippen LogP contribution in [0.25, 0.3) is 0 Å². The highest BCUT2D eigenvalue weighted by atomic mass is 32.2. The SMILES string of the molecule is CC(C)c1ccc(S(=O)(=O)N2CCN(C(=S)NC3CC3)CC2)cc1. The van der Waals surface area contributed by atoms with E-state index < -0.39 is 10.0 Å². The van der Waals surface area contributed by atoms with Gasteiger partial charge in [-0.15, -0.1) is 0 Å². The van der Waals surface area contributed by atoms with Crippen molar-refractivity contribution in [2.75, 3.05) is 26.2 Å².